The Morgan fingerprint density at radius 1 is 0.957 bits per heavy atom. The summed E-state index contributed by atoms with van der Waals surface area (Å²) in [5, 5.41) is 0.398. The van der Waals surface area contributed by atoms with Crippen LogP contribution >= 0.6 is 12.2 Å². The maximum Gasteiger partial charge on any atom is 0.258 e. The fourth-order valence-corrected chi connectivity index (χ4v) is 3.18. The smallest absolute Gasteiger partial charge is 0.258 e. The Bertz CT molecular complexity index is 483. The molecule has 0 aromatic rings. The summed E-state index contributed by atoms with van der Waals surface area (Å²) in [6.45, 7) is 7.74. The molecule has 3 heterocycles. The number of fused-ring (bicyclic) bond motifs is 3. The summed E-state index contributed by atoms with van der Waals surface area (Å²) in [6, 6.07) is 0. The Morgan fingerprint density at radius 3 is 2.17 bits per heavy atom. The van der Waals surface area contributed by atoms with Crippen molar-refractivity contribution in [2.45, 2.75) is 70.0 Å². The van der Waals surface area contributed by atoms with Crippen molar-refractivity contribution in [2.75, 3.05) is 20.7 Å². The number of ether oxygens (including phenoxy) is 6. The van der Waals surface area contributed by atoms with Crippen molar-refractivity contribution in [3.05, 3.63) is 0 Å². The van der Waals surface area contributed by atoms with E-state index >= 15 is 0 Å². The highest BCUT2D eigenvalue weighted by molar-refractivity contribution is 7.80. The molecule has 0 spiro atoms. The topological polar surface area (TPSA) is 58.6 Å². The summed E-state index contributed by atoms with van der Waals surface area (Å²) in [7, 11) is 3.66. The average molecular weight is 347 g/mol. The highest BCUT2D eigenvalue weighted by Gasteiger charge is 2.60. The minimum atomic E-state index is -0.718. The zero-order valence-corrected chi connectivity index (χ0v) is 15.2. The first-order valence-corrected chi connectivity index (χ1v) is 8.20. The molecule has 0 unspecified atom stereocenters. The molecule has 0 radical (unpaired) electrons. The summed E-state index contributed by atoms with van der Waals surface area (Å²) < 4.78 is 35.5. The van der Waals surface area contributed by atoms with Gasteiger partial charge in [-0.1, -0.05) is 0 Å². The van der Waals surface area contributed by atoms with Crippen molar-refractivity contribution in [1.29, 1.82) is 0 Å². The largest absolute Gasteiger partial charge is 0.468 e. The fraction of sp³-hybridized carbons (Fsp3) is 0.933. The molecule has 5 atom stereocenters. The molecule has 0 saturated carbocycles. The van der Waals surface area contributed by atoms with Gasteiger partial charge in [-0.25, -0.2) is 0 Å². The Kier molecular flexibility index (Phi) is 4.36. The van der Waals surface area contributed by atoms with E-state index in [1.807, 2.05) is 41.8 Å². The molecule has 3 aliphatic heterocycles. The summed E-state index contributed by atoms with van der Waals surface area (Å²) in [6.07, 6.45) is -1.75. The van der Waals surface area contributed by atoms with Crippen LogP contribution in [-0.4, -0.2) is 73.1 Å². The first-order valence-electron chi connectivity index (χ1n) is 7.79. The first kappa shape index (κ1) is 17.3. The SMILES string of the molecule is CN(C)C(=S)OC[C@H]1O[C@@H]2OC(C)(C)O[C@@H]2[C@H]2OC(C)(C)O[C@H]21. The van der Waals surface area contributed by atoms with Crippen LogP contribution in [-0.2, 0) is 28.4 Å². The highest BCUT2D eigenvalue weighted by Crippen LogP contribution is 2.44. The molecule has 3 aliphatic rings. The Labute approximate surface area is 142 Å². The molecule has 3 fully saturated rings. The van der Waals surface area contributed by atoms with Gasteiger partial charge in [-0.15, -0.1) is 0 Å². The molecule has 3 rings (SSSR count). The third kappa shape index (κ3) is 3.47. The number of hydrogen-bond acceptors (Lipinski definition) is 7. The monoisotopic (exact) mass is 347 g/mol. The molecule has 0 amide bonds. The van der Waals surface area contributed by atoms with Crippen molar-refractivity contribution in [3.63, 3.8) is 0 Å². The number of rotatable bonds is 2. The van der Waals surface area contributed by atoms with Gasteiger partial charge in [0, 0.05) is 14.1 Å². The minimum Gasteiger partial charge on any atom is -0.468 e. The van der Waals surface area contributed by atoms with Gasteiger partial charge in [-0.3, -0.25) is 0 Å². The summed E-state index contributed by atoms with van der Waals surface area (Å²) >= 11 is 5.16. The van der Waals surface area contributed by atoms with Crippen molar-refractivity contribution >= 4 is 17.4 Å². The fourth-order valence-electron chi connectivity index (χ4n) is 3.11. The Morgan fingerprint density at radius 2 is 1.52 bits per heavy atom. The van der Waals surface area contributed by atoms with E-state index in [0.717, 1.165) is 0 Å². The van der Waals surface area contributed by atoms with Crippen molar-refractivity contribution in [1.82, 2.24) is 4.90 Å². The first-order chi connectivity index (χ1) is 10.6. The zero-order valence-electron chi connectivity index (χ0n) is 14.4. The van der Waals surface area contributed by atoms with Crippen LogP contribution in [0.15, 0.2) is 0 Å². The minimum absolute atomic E-state index is 0.268. The molecule has 3 saturated heterocycles. The van der Waals surface area contributed by atoms with E-state index in [2.05, 4.69) is 0 Å². The number of hydrogen-bond donors (Lipinski definition) is 0. The normalized spacial score (nSPS) is 40.3. The van der Waals surface area contributed by atoms with E-state index in [4.69, 9.17) is 40.6 Å². The van der Waals surface area contributed by atoms with Gasteiger partial charge < -0.3 is 33.3 Å². The molecule has 0 bridgehead atoms. The summed E-state index contributed by atoms with van der Waals surface area (Å²) in [4.78, 5) is 1.73. The van der Waals surface area contributed by atoms with Crippen LogP contribution in [0.25, 0.3) is 0 Å². The summed E-state index contributed by atoms with van der Waals surface area (Å²) in [5.74, 6) is -1.42. The lowest BCUT2D eigenvalue weighted by Gasteiger charge is -2.37. The van der Waals surface area contributed by atoms with E-state index in [0.29, 0.717) is 5.17 Å². The van der Waals surface area contributed by atoms with Crippen LogP contribution in [0.1, 0.15) is 27.7 Å². The number of thiocarbonyl (C=S) groups is 1. The third-order valence-corrected chi connectivity index (χ3v) is 4.47. The van der Waals surface area contributed by atoms with Gasteiger partial charge in [0.05, 0.1) is 0 Å². The van der Waals surface area contributed by atoms with Crippen molar-refractivity contribution in [3.8, 4) is 0 Å². The maximum absolute atomic E-state index is 6.04. The van der Waals surface area contributed by atoms with E-state index in [1.165, 1.54) is 0 Å². The molecule has 0 aromatic heterocycles. The van der Waals surface area contributed by atoms with Crippen LogP contribution in [0.2, 0.25) is 0 Å². The molecular weight excluding hydrogens is 322 g/mol. The predicted molar refractivity (Wildman–Crippen MR) is 84.8 cm³/mol. The van der Waals surface area contributed by atoms with Gasteiger partial charge in [0.1, 0.15) is 31.0 Å². The average Bonchev–Trinajstić information content (AvgIpc) is 2.89. The van der Waals surface area contributed by atoms with Crippen LogP contribution in [0, 0.1) is 0 Å². The molecule has 0 N–H and O–H groups in total. The van der Waals surface area contributed by atoms with Gasteiger partial charge >= 0.3 is 0 Å². The second-order valence-electron chi connectivity index (χ2n) is 7.18. The highest BCUT2D eigenvalue weighted by atomic mass is 32.1. The second kappa shape index (κ2) is 5.79. The molecule has 7 nitrogen and oxygen atoms in total. The Balaban J connectivity index is 1.74. The van der Waals surface area contributed by atoms with Gasteiger partial charge in [0.15, 0.2) is 17.9 Å². The molecule has 23 heavy (non-hydrogen) atoms. The lowest BCUT2D eigenvalue weighted by molar-refractivity contribution is -0.239. The van der Waals surface area contributed by atoms with Crippen LogP contribution in [0.4, 0.5) is 0 Å². The zero-order chi connectivity index (χ0) is 17.0. The van der Waals surface area contributed by atoms with Crippen LogP contribution < -0.4 is 0 Å². The van der Waals surface area contributed by atoms with Gasteiger partial charge in [-0.2, -0.15) is 0 Å². The van der Waals surface area contributed by atoms with Crippen molar-refractivity contribution < 1.29 is 28.4 Å². The van der Waals surface area contributed by atoms with Gasteiger partial charge in [0.2, 0.25) is 0 Å². The van der Waals surface area contributed by atoms with Crippen LogP contribution in [0.5, 0.6) is 0 Å². The van der Waals surface area contributed by atoms with E-state index in [9.17, 15) is 0 Å². The molecule has 8 heteroatoms. The van der Waals surface area contributed by atoms with Crippen molar-refractivity contribution in [2.24, 2.45) is 0 Å². The second-order valence-corrected chi connectivity index (χ2v) is 7.53. The molecule has 0 aromatic carbocycles. The van der Waals surface area contributed by atoms with Gasteiger partial charge in [0.25, 0.3) is 5.17 Å². The molecule has 132 valence electrons. The van der Waals surface area contributed by atoms with E-state index in [-0.39, 0.29) is 31.0 Å². The van der Waals surface area contributed by atoms with E-state index < -0.39 is 17.9 Å². The Hall–Kier alpha value is -0.510. The maximum atomic E-state index is 6.04. The predicted octanol–water partition coefficient (Wildman–Crippen LogP) is 1.25. The van der Waals surface area contributed by atoms with E-state index in [1.54, 1.807) is 4.90 Å². The quantitative estimate of drug-likeness (QED) is 0.692. The van der Waals surface area contributed by atoms with Crippen LogP contribution in [0.3, 0.4) is 0 Å². The molecular formula is C15H25NO6S. The lowest BCUT2D eigenvalue weighted by atomic mass is 9.99. The standard InChI is InChI=1S/C15H25NO6S/c1-14(2)19-9-8(7-17-13(23)16(5)6)18-12-11(10(9)20-14)21-15(3,4)22-12/h8-12H,7H2,1-6H3/t8-,9+,10+,11-,12-/m1/s1. The van der Waals surface area contributed by atoms with Gasteiger partial charge in [-0.05, 0) is 39.9 Å². The summed E-state index contributed by atoms with van der Waals surface area (Å²) in [5.41, 5.74) is 0. The third-order valence-electron chi connectivity index (χ3n) is 3.99. The molecule has 0 aliphatic carbocycles. The number of nitrogens with zero attached hydrogens (tertiary/aromatic N) is 1. The lowest BCUT2D eigenvalue weighted by Crippen LogP contribution is -2.56.